The molecule has 1 saturated carbocycles. The Morgan fingerprint density at radius 2 is 1.91 bits per heavy atom. The molecule has 0 bridgehead atoms. The van der Waals surface area contributed by atoms with Crippen molar-refractivity contribution in [1.82, 2.24) is 0 Å². The molecule has 0 radical (unpaired) electrons. The molecule has 0 spiro atoms. The molecule has 4 atom stereocenters. The molecule has 0 aromatic heterocycles. The van der Waals surface area contributed by atoms with E-state index in [4.69, 9.17) is 4.74 Å². The highest BCUT2D eigenvalue weighted by Crippen LogP contribution is 2.63. The molecule has 3 rings (SSSR count). The summed E-state index contributed by atoms with van der Waals surface area (Å²) in [6, 6.07) is 0. The van der Waals surface area contributed by atoms with Crippen LogP contribution in [0.2, 0.25) is 0 Å². The van der Waals surface area contributed by atoms with Crippen LogP contribution in [0.25, 0.3) is 0 Å². The molecule has 0 aromatic carbocycles. The van der Waals surface area contributed by atoms with Gasteiger partial charge >= 0.3 is 5.97 Å². The lowest BCUT2D eigenvalue weighted by atomic mass is 9.47. The molecule has 0 amide bonds. The summed E-state index contributed by atoms with van der Waals surface area (Å²) in [5, 5.41) is 0. The summed E-state index contributed by atoms with van der Waals surface area (Å²) in [7, 11) is 1.56. The monoisotopic (exact) mass is 318 g/mol. The zero-order valence-electron chi connectivity index (χ0n) is 15.8. The minimum absolute atomic E-state index is 0.0201. The number of fused-ring (bicyclic) bond motifs is 2. The minimum Gasteiger partial charge on any atom is -0.469 e. The van der Waals surface area contributed by atoms with Gasteiger partial charge in [0.15, 0.2) is 0 Å². The summed E-state index contributed by atoms with van der Waals surface area (Å²) in [5.74, 6) is 0.479. The largest absolute Gasteiger partial charge is 0.469 e. The van der Waals surface area contributed by atoms with Crippen LogP contribution in [0.1, 0.15) is 85.5 Å². The van der Waals surface area contributed by atoms with Gasteiger partial charge in [0.2, 0.25) is 0 Å². The summed E-state index contributed by atoms with van der Waals surface area (Å²) in [4.78, 5) is 12.6. The van der Waals surface area contributed by atoms with Crippen LogP contribution in [0.3, 0.4) is 0 Å². The van der Waals surface area contributed by atoms with Gasteiger partial charge in [0.25, 0.3) is 0 Å². The van der Waals surface area contributed by atoms with E-state index in [-0.39, 0.29) is 16.8 Å². The van der Waals surface area contributed by atoms with Crippen LogP contribution in [0, 0.1) is 22.2 Å². The topological polar surface area (TPSA) is 26.3 Å². The van der Waals surface area contributed by atoms with E-state index in [1.54, 1.807) is 18.3 Å². The molecule has 0 saturated heterocycles. The highest BCUT2D eigenvalue weighted by atomic mass is 16.5. The molecule has 130 valence electrons. The maximum Gasteiger partial charge on any atom is 0.311 e. The predicted molar refractivity (Wildman–Crippen MR) is 94.1 cm³/mol. The fourth-order valence-corrected chi connectivity index (χ4v) is 6.21. The number of carbonyl (C=O) groups excluding carboxylic acids is 1. The lowest BCUT2D eigenvalue weighted by Crippen LogP contribution is -2.51. The second-order valence-electron chi connectivity index (χ2n) is 9.19. The number of allylic oxidation sites excluding steroid dienone is 2. The van der Waals surface area contributed by atoms with Gasteiger partial charge in [-0.05, 0) is 68.6 Å². The molecule has 0 aromatic rings. The van der Waals surface area contributed by atoms with E-state index < -0.39 is 0 Å². The number of esters is 1. The summed E-state index contributed by atoms with van der Waals surface area (Å²) < 4.78 is 5.22. The van der Waals surface area contributed by atoms with Crippen molar-refractivity contribution in [2.24, 2.45) is 22.2 Å². The first kappa shape index (κ1) is 17.0. The van der Waals surface area contributed by atoms with Crippen LogP contribution in [-0.2, 0) is 9.53 Å². The second kappa shape index (κ2) is 5.63. The van der Waals surface area contributed by atoms with Crippen LogP contribution < -0.4 is 0 Å². The average Bonchev–Trinajstić information content (AvgIpc) is 2.53. The van der Waals surface area contributed by atoms with E-state index in [9.17, 15) is 4.79 Å². The molecule has 23 heavy (non-hydrogen) atoms. The van der Waals surface area contributed by atoms with Gasteiger partial charge in [-0.2, -0.15) is 0 Å². The Morgan fingerprint density at radius 1 is 1.17 bits per heavy atom. The first-order chi connectivity index (χ1) is 10.8. The van der Waals surface area contributed by atoms with Gasteiger partial charge in [0, 0.05) is 0 Å². The maximum absolute atomic E-state index is 12.6. The zero-order chi connectivity index (χ0) is 16.9. The first-order valence-corrected chi connectivity index (χ1v) is 9.59. The second-order valence-corrected chi connectivity index (χ2v) is 9.19. The molecule has 3 aliphatic rings. The van der Waals surface area contributed by atoms with Crippen LogP contribution >= 0.6 is 0 Å². The van der Waals surface area contributed by atoms with Crippen molar-refractivity contribution in [2.45, 2.75) is 85.5 Å². The number of hydrogen-bond donors (Lipinski definition) is 0. The predicted octanol–water partition coefficient (Wildman–Crippen LogP) is 5.66. The Kier molecular flexibility index (Phi) is 4.18. The summed E-state index contributed by atoms with van der Waals surface area (Å²) in [6.07, 6.45) is 10.9. The molecule has 1 fully saturated rings. The molecule has 0 unspecified atom stereocenters. The zero-order valence-corrected chi connectivity index (χ0v) is 15.8. The van der Waals surface area contributed by atoms with E-state index in [2.05, 4.69) is 27.7 Å². The van der Waals surface area contributed by atoms with Crippen LogP contribution in [0.15, 0.2) is 11.1 Å². The van der Waals surface area contributed by atoms with Gasteiger partial charge in [-0.3, -0.25) is 4.79 Å². The van der Waals surface area contributed by atoms with Crippen molar-refractivity contribution in [3.8, 4) is 0 Å². The SMILES string of the molecule is CC[C@@]1(C)CCC2=C(CC[C@H]3[C@@](C)(C(=O)OC)CCC[C@]23C)C1. The van der Waals surface area contributed by atoms with E-state index in [0.717, 1.165) is 12.8 Å². The fraction of sp³-hybridized carbons (Fsp3) is 0.857. The third-order valence-electron chi connectivity index (χ3n) is 7.91. The van der Waals surface area contributed by atoms with Crippen molar-refractivity contribution in [1.29, 1.82) is 0 Å². The quantitative estimate of drug-likeness (QED) is 0.485. The Balaban J connectivity index is 1.98. The summed E-state index contributed by atoms with van der Waals surface area (Å²) in [6.45, 7) is 9.44. The number of carbonyl (C=O) groups is 1. The van der Waals surface area contributed by atoms with Gasteiger partial charge < -0.3 is 4.74 Å². The Bertz CT molecular complexity index is 534. The molecule has 0 aliphatic heterocycles. The van der Waals surface area contributed by atoms with Gasteiger partial charge in [-0.15, -0.1) is 0 Å². The van der Waals surface area contributed by atoms with Gasteiger partial charge in [0.05, 0.1) is 12.5 Å². The van der Waals surface area contributed by atoms with E-state index in [1.807, 2.05) is 0 Å². The van der Waals surface area contributed by atoms with E-state index in [0.29, 0.717) is 11.3 Å². The molecule has 3 aliphatic carbocycles. The highest BCUT2D eigenvalue weighted by molar-refractivity contribution is 5.77. The molecule has 0 heterocycles. The molecule has 0 N–H and O–H groups in total. The lowest BCUT2D eigenvalue weighted by Gasteiger charge is -2.57. The Labute approximate surface area is 142 Å². The average molecular weight is 319 g/mol. The van der Waals surface area contributed by atoms with Crippen LogP contribution in [-0.4, -0.2) is 13.1 Å². The standard InChI is InChI=1S/C21H34O2/c1-6-19(2)13-10-16-15(14-19)8-9-17-20(16,3)11-7-12-21(17,4)18(22)23-5/h17H,6-14H2,1-5H3/t17-,19+,20-,21+/m1/s1. The maximum atomic E-state index is 12.6. The lowest BCUT2D eigenvalue weighted by molar-refractivity contribution is -0.163. The fourth-order valence-electron chi connectivity index (χ4n) is 6.21. The van der Waals surface area contributed by atoms with Gasteiger partial charge in [-0.25, -0.2) is 0 Å². The van der Waals surface area contributed by atoms with Crippen LogP contribution in [0.4, 0.5) is 0 Å². The molecule has 2 heteroatoms. The summed E-state index contributed by atoms with van der Waals surface area (Å²) >= 11 is 0. The Morgan fingerprint density at radius 3 is 2.57 bits per heavy atom. The number of methoxy groups -OCH3 is 1. The number of hydrogen-bond acceptors (Lipinski definition) is 2. The van der Waals surface area contributed by atoms with Crippen molar-refractivity contribution in [2.75, 3.05) is 7.11 Å². The van der Waals surface area contributed by atoms with Crippen molar-refractivity contribution < 1.29 is 9.53 Å². The highest BCUT2D eigenvalue weighted by Gasteiger charge is 2.56. The number of ether oxygens (including phenoxy) is 1. The normalized spacial score (nSPS) is 43.6. The summed E-state index contributed by atoms with van der Waals surface area (Å²) in [5.41, 5.74) is 3.92. The van der Waals surface area contributed by atoms with E-state index >= 15 is 0 Å². The first-order valence-electron chi connectivity index (χ1n) is 9.59. The minimum atomic E-state index is -0.286. The van der Waals surface area contributed by atoms with Gasteiger partial charge in [-0.1, -0.05) is 44.8 Å². The third kappa shape index (κ3) is 2.48. The van der Waals surface area contributed by atoms with Gasteiger partial charge in [0.1, 0.15) is 0 Å². The smallest absolute Gasteiger partial charge is 0.311 e. The Hall–Kier alpha value is -0.790. The van der Waals surface area contributed by atoms with Crippen molar-refractivity contribution in [3.63, 3.8) is 0 Å². The molecular weight excluding hydrogens is 284 g/mol. The van der Waals surface area contributed by atoms with E-state index in [1.165, 1.54) is 44.9 Å². The molecule has 2 nitrogen and oxygen atoms in total. The van der Waals surface area contributed by atoms with Crippen LogP contribution in [0.5, 0.6) is 0 Å². The molecular formula is C21H34O2. The third-order valence-corrected chi connectivity index (χ3v) is 7.91. The van der Waals surface area contributed by atoms with Crippen molar-refractivity contribution >= 4 is 5.97 Å². The number of rotatable bonds is 2. The van der Waals surface area contributed by atoms with Crippen molar-refractivity contribution in [3.05, 3.63) is 11.1 Å².